The van der Waals surface area contributed by atoms with Gasteiger partial charge in [0.1, 0.15) is 5.52 Å². The zero-order valence-electron chi connectivity index (χ0n) is 14.7. The molecule has 6 nitrogen and oxygen atoms in total. The van der Waals surface area contributed by atoms with Gasteiger partial charge in [0.15, 0.2) is 0 Å². The minimum Gasteiger partial charge on any atom is -0.240 e. The lowest BCUT2D eigenvalue weighted by atomic mass is 10.1. The quantitative estimate of drug-likeness (QED) is 0.663. The molecule has 1 fully saturated rings. The summed E-state index contributed by atoms with van der Waals surface area (Å²) in [4.78, 5) is -0.355. The van der Waals surface area contributed by atoms with Crippen molar-refractivity contribution in [1.82, 2.24) is 19.3 Å². The van der Waals surface area contributed by atoms with E-state index in [0.717, 1.165) is 17.6 Å². The van der Waals surface area contributed by atoms with E-state index in [4.69, 9.17) is 0 Å². The summed E-state index contributed by atoms with van der Waals surface area (Å²) in [6.45, 7) is 0.383. The van der Waals surface area contributed by atoms with Gasteiger partial charge in [-0.1, -0.05) is 23.4 Å². The van der Waals surface area contributed by atoms with Crippen molar-refractivity contribution in [1.29, 1.82) is 0 Å². The van der Waals surface area contributed by atoms with Gasteiger partial charge in [-0.15, -0.1) is 5.10 Å². The van der Waals surface area contributed by atoms with Crippen LogP contribution in [0.3, 0.4) is 0 Å². The number of aromatic nitrogens is 3. The first-order valence-corrected chi connectivity index (χ1v) is 10.2. The minimum absolute atomic E-state index is 0.131. The second-order valence-corrected chi connectivity index (χ2v) is 8.65. The first-order valence-electron chi connectivity index (χ1n) is 8.74. The predicted octanol–water partition coefficient (Wildman–Crippen LogP) is 3.48. The maximum atomic E-state index is 13.0. The van der Waals surface area contributed by atoms with Gasteiger partial charge in [-0.2, -0.15) is 17.5 Å². The van der Waals surface area contributed by atoms with Gasteiger partial charge in [-0.05, 0) is 43.2 Å². The van der Waals surface area contributed by atoms with Gasteiger partial charge >= 0.3 is 6.18 Å². The standard InChI is InChI=1S/C18H17F3N4O2S/c19-18(20,21)13-5-3-7-15(11-13)28(26,27)24-10-4-6-14(12-24)25-17-9-2-1-8-16(17)22-23-25/h1-3,5,7-9,11,14H,4,6,10,12H2/t14-/m0/s1. The van der Waals surface area contributed by atoms with Gasteiger partial charge in [0.05, 0.1) is 22.0 Å². The third-order valence-corrected chi connectivity index (χ3v) is 6.74. The molecule has 0 radical (unpaired) electrons. The molecule has 0 aliphatic carbocycles. The molecule has 1 saturated heterocycles. The third-order valence-electron chi connectivity index (χ3n) is 4.88. The highest BCUT2D eigenvalue weighted by atomic mass is 32.2. The maximum absolute atomic E-state index is 13.0. The molecule has 1 aliphatic heterocycles. The van der Waals surface area contributed by atoms with E-state index < -0.39 is 21.8 Å². The third kappa shape index (κ3) is 3.37. The number of benzene rings is 2. The fourth-order valence-electron chi connectivity index (χ4n) is 3.48. The van der Waals surface area contributed by atoms with E-state index in [1.807, 2.05) is 24.3 Å². The van der Waals surface area contributed by atoms with Crippen molar-refractivity contribution in [3.8, 4) is 0 Å². The van der Waals surface area contributed by atoms with Crippen LogP contribution < -0.4 is 0 Å². The van der Waals surface area contributed by atoms with Crippen molar-refractivity contribution in [2.45, 2.75) is 30.0 Å². The molecule has 10 heteroatoms. The molecular formula is C18H17F3N4O2S. The van der Waals surface area contributed by atoms with Crippen LogP contribution in [0.4, 0.5) is 13.2 Å². The zero-order chi connectivity index (χ0) is 19.9. The fourth-order valence-corrected chi connectivity index (χ4v) is 5.04. The number of sulfonamides is 1. The van der Waals surface area contributed by atoms with Gasteiger partial charge in [-0.25, -0.2) is 13.1 Å². The molecule has 0 spiro atoms. The molecule has 28 heavy (non-hydrogen) atoms. The molecule has 0 unspecified atom stereocenters. The van der Waals surface area contributed by atoms with E-state index in [1.54, 1.807) is 4.68 Å². The summed E-state index contributed by atoms with van der Waals surface area (Å²) in [5.74, 6) is 0. The average Bonchev–Trinajstić information content (AvgIpc) is 3.12. The topological polar surface area (TPSA) is 68.1 Å². The molecule has 3 aromatic rings. The van der Waals surface area contributed by atoms with Crippen molar-refractivity contribution in [3.05, 3.63) is 54.1 Å². The second kappa shape index (κ2) is 6.85. The lowest BCUT2D eigenvalue weighted by Gasteiger charge is -2.32. The number of alkyl halides is 3. The van der Waals surface area contributed by atoms with Crippen molar-refractivity contribution in [3.63, 3.8) is 0 Å². The van der Waals surface area contributed by atoms with Crippen molar-refractivity contribution >= 4 is 21.1 Å². The molecule has 2 aromatic carbocycles. The van der Waals surface area contributed by atoms with E-state index in [1.165, 1.54) is 10.4 Å². The number of hydrogen-bond donors (Lipinski definition) is 0. The zero-order valence-corrected chi connectivity index (χ0v) is 15.5. The van der Waals surface area contributed by atoms with E-state index in [9.17, 15) is 21.6 Å². The number of rotatable bonds is 3. The Morgan fingerprint density at radius 2 is 1.86 bits per heavy atom. The van der Waals surface area contributed by atoms with Gasteiger partial charge in [0.25, 0.3) is 0 Å². The highest BCUT2D eigenvalue weighted by Gasteiger charge is 2.35. The Labute approximate surface area is 159 Å². The predicted molar refractivity (Wildman–Crippen MR) is 96.0 cm³/mol. The van der Waals surface area contributed by atoms with Crippen LogP contribution in [0.15, 0.2) is 53.4 Å². The number of hydrogen-bond acceptors (Lipinski definition) is 4. The molecule has 0 N–H and O–H groups in total. The lowest BCUT2D eigenvalue weighted by Crippen LogP contribution is -2.41. The molecule has 148 valence electrons. The van der Waals surface area contributed by atoms with Crippen LogP contribution in [0.2, 0.25) is 0 Å². The monoisotopic (exact) mass is 410 g/mol. The maximum Gasteiger partial charge on any atom is 0.416 e. The Morgan fingerprint density at radius 3 is 2.64 bits per heavy atom. The summed E-state index contributed by atoms with van der Waals surface area (Å²) in [5, 5.41) is 8.25. The Hall–Kier alpha value is -2.46. The molecule has 0 amide bonds. The summed E-state index contributed by atoms with van der Waals surface area (Å²) in [6.07, 6.45) is -3.31. The van der Waals surface area contributed by atoms with Crippen molar-refractivity contribution in [2.75, 3.05) is 13.1 Å². The highest BCUT2D eigenvalue weighted by molar-refractivity contribution is 7.89. The van der Waals surface area contributed by atoms with Gasteiger partial charge in [-0.3, -0.25) is 0 Å². The van der Waals surface area contributed by atoms with Crippen LogP contribution >= 0.6 is 0 Å². The second-order valence-electron chi connectivity index (χ2n) is 6.71. The summed E-state index contributed by atoms with van der Waals surface area (Å²) >= 11 is 0. The summed E-state index contributed by atoms with van der Waals surface area (Å²) in [5.41, 5.74) is 0.524. The Morgan fingerprint density at radius 1 is 1.07 bits per heavy atom. The normalized spacial score (nSPS) is 19.2. The SMILES string of the molecule is O=S(=O)(c1cccc(C(F)(F)F)c1)N1CCC[C@H](n2nnc3ccccc32)C1. The van der Waals surface area contributed by atoms with Crippen molar-refractivity contribution < 1.29 is 21.6 Å². The van der Waals surface area contributed by atoms with Crippen LogP contribution in [-0.4, -0.2) is 40.8 Å². The Bertz CT molecular complexity index is 1110. The molecule has 1 aromatic heterocycles. The van der Waals surface area contributed by atoms with Gasteiger partial charge in [0, 0.05) is 13.1 Å². The molecule has 0 bridgehead atoms. The lowest BCUT2D eigenvalue weighted by molar-refractivity contribution is -0.137. The largest absolute Gasteiger partial charge is 0.416 e. The Balaban J connectivity index is 1.64. The molecule has 1 aliphatic rings. The number of para-hydroxylation sites is 1. The summed E-state index contributed by atoms with van der Waals surface area (Å²) in [6, 6.07) is 11.0. The van der Waals surface area contributed by atoms with E-state index in [-0.39, 0.29) is 24.0 Å². The van der Waals surface area contributed by atoms with E-state index in [0.29, 0.717) is 24.4 Å². The number of halogens is 3. The molecular weight excluding hydrogens is 393 g/mol. The molecule has 4 rings (SSSR count). The highest BCUT2D eigenvalue weighted by Crippen LogP contribution is 2.33. The smallest absolute Gasteiger partial charge is 0.240 e. The molecule has 0 saturated carbocycles. The molecule has 2 heterocycles. The number of piperidine rings is 1. The average molecular weight is 410 g/mol. The van der Waals surface area contributed by atoms with Crippen molar-refractivity contribution in [2.24, 2.45) is 0 Å². The molecule has 1 atom stereocenters. The summed E-state index contributed by atoms with van der Waals surface area (Å²) < 4.78 is 67.7. The van der Waals surface area contributed by atoms with Crippen LogP contribution in [0.1, 0.15) is 24.4 Å². The van der Waals surface area contributed by atoms with Crippen LogP contribution in [0.5, 0.6) is 0 Å². The van der Waals surface area contributed by atoms with E-state index in [2.05, 4.69) is 10.3 Å². The van der Waals surface area contributed by atoms with Crippen LogP contribution in [0, 0.1) is 0 Å². The van der Waals surface area contributed by atoms with Gasteiger partial charge in [0.2, 0.25) is 10.0 Å². The number of nitrogens with zero attached hydrogens (tertiary/aromatic N) is 4. The van der Waals surface area contributed by atoms with Crippen LogP contribution in [-0.2, 0) is 16.2 Å². The first-order chi connectivity index (χ1) is 13.3. The minimum atomic E-state index is -4.60. The van der Waals surface area contributed by atoms with Crippen LogP contribution in [0.25, 0.3) is 11.0 Å². The summed E-state index contributed by atoms with van der Waals surface area (Å²) in [7, 11) is -4.05. The van der Waals surface area contributed by atoms with Gasteiger partial charge < -0.3 is 0 Å². The first kappa shape index (κ1) is 18.9. The number of fused-ring (bicyclic) bond motifs is 1. The fraction of sp³-hybridized carbons (Fsp3) is 0.333. The Kier molecular flexibility index (Phi) is 4.62. The van der Waals surface area contributed by atoms with E-state index >= 15 is 0 Å².